The van der Waals surface area contributed by atoms with E-state index < -0.39 is 0 Å². The summed E-state index contributed by atoms with van der Waals surface area (Å²) in [6.07, 6.45) is 4.55. The van der Waals surface area contributed by atoms with Gasteiger partial charge in [-0.05, 0) is 51.0 Å². The van der Waals surface area contributed by atoms with Crippen LogP contribution in [0, 0.1) is 0 Å². The maximum atomic E-state index is 12.3. The third kappa shape index (κ3) is 3.93. The van der Waals surface area contributed by atoms with Crippen molar-refractivity contribution >= 4 is 21.7 Å². The molecule has 1 atom stereocenters. The van der Waals surface area contributed by atoms with E-state index in [1.165, 1.54) is 32.4 Å². The first kappa shape index (κ1) is 15.2. The van der Waals surface area contributed by atoms with Crippen LogP contribution >= 0.6 is 15.9 Å². The zero-order chi connectivity index (χ0) is 14.7. The van der Waals surface area contributed by atoms with Crippen LogP contribution in [-0.2, 0) is 0 Å². The van der Waals surface area contributed by atoms with Crippen LogP contribution in [0.1, 0.15) is 36.0 Å². The van der Waals surface area contributed by atoms with Crippen LogP contribution in [0.2, 0.25) is 0 Å². The first-order valence-corrected chi connectivity index (χ1v) is 8.77. The highest BCUT2D eigenvalue weighted by Crippen LogP contribution is 2.21. The highest BCUT2D eigenvalue weighted by atomic mass is 79.9. The van der Waals surface area contributed by atoms with Crippen LogP contribution in [0.5, 0.6) is 0 Å². The molecule has 4 heteroatoms. The second-order valence-corrected chi connectivity index (χ2v) is 7.08. The lowest BCUT2D eigenvalue weighted by Gasteiger charge is -2.25. The van der Waals surface area contributed by atoms with Gasteiger partial charge in [0.25, 0.3) is 0 Å². The number of carbonyl (C=O) groups is 1. The molecule has 0 aliphatic carbocycles. The molecule has 21 heavy (non-hydrogen) atoms. The van der Waals surface area contributed by atoms with Crippen LogP contribution in [0.25, 0.3) is 0 Å². The molecule has 1 aromatic rings. The van der Waals surface area contributed by atoms with Gasteiger partial charge in [-0.25, -0.2) is 0 Å². The van der Waals surface area contributed by atoms with Gasteiger partial charge < -0.3 is 4.90 Å². The van der Waals surface area contributed by atoms with Gasteiger partial charge in [0.2, 0.25) is 0 Å². The fourth-order valence-corrected chi connectivity index (χ4v) is 3.79. The minimum absolute atomic E-state index is 0.259. The largest absolute Gasteiger partial charge is 0.301 e. The van der Waals surface area contributed by atoms with Gasteiger partial charge in [0, 0.05) is 35.6 Å². The molecule has 1 unspecified atom stereocenters. The Morgan fingerprint density at radius 2 is 1.90 bits per heavy atom. The molecule has 0 saturated carbocycles. The highest BCUT2D eigenvalue weighted by Gasteiger charge is 2.28. The van der Waals surface area contributed by atoms with Crippen molar-refractivity contribution in [3.8, 4) is 0 Å². The lowest BCUT2D eigenvalue weighted by molar-refractivity contribution is 0.0961. The number of halogens is 1. The Morgan fingerprint density at radius 3 is 2.71 bits per heavy atom. The van der Waals surface area contributed by atoms with E-state index >= 15 is 0 Å². The standard InChI is InChI=1S/C17H23BrN2O/c18-15-6-4-14(5-7-15)17(21)8-12-19-9-2-11-20-10-1-3-16(20)13-19/h4-7,16H,1-3,8-13H2. The number of hydrogen-bond donors (Lipinski definition) is 0. The lowest BCUT2D eigenvalue weighted by Crippen LogP contribution is -2.37. The third-order valence-corrected chi connectivity index (χ3v) is 5.24. The normalized spacial score (nSPS) is 23.8. The summed E-state index contributed by atoms with van der Waals surface area (Å²) in [5.74, 6) is 0.259. The van der Waals surface area contributed by atoms with Gasteiger partial charge in [0.1, 0.15) is 0 Å². The Hall–Kier alpha value is -0.710. The Morgan fingerprint density at radius 1 is 1.14 bits per heavy atom. The van der Waals surface area contributed by atoms with E-state index in [2.05, 4.69) is 25.7 Å². The summed E-state index contributed by atoms with van der Waals surface area (Å²) in [5.41, 5.74) is 0.829. The third-order valence-electron chi connectivity index (χ3n) is 4.71. The smallest absolute Gasteiger partial charge is 0.164 e. The van der Waals surface area contributed by atoms with Crippen LogP contribution in [0.15, 0.2) is 28.7 Å². The molecular weight excluding hydrogens is 328 g/mol. The first-order chi connectivity index (χ1) is 10.2. The zero-order valence-corrected chi connectivity index (χ0v) is 14.0. The van der Waals surface area contributed by atoms with Gasteiger partial charge in [0.15, 0.2) is 5.78 Å². The van der Waals surface area contributed by atoms with E-state index in [0.29, 0.717) is 6.42 Å². The van der Waals surface area contributed by atoms with E-state index in [1.54, 1.807) is 0 Å². The molecule has 0 amide bonds. The molecule has 2 aliphatic rings. The molecule has 0 bridgehead atoms. The summed E-state index contributed by atoms with van der Waals surface area (Å²) in [6, 6.07) is 8.43. The Labute approximate surface area is 135 Å². The second-order valence-electron chi connectivity index (χ2n) is 6.17. The van der Waals surface area contributed by atoms with Crippen molar-refractivity contribution in [3.63, 3.8) is 0 Å². The Balaban J connectivity index is 1.52. The predicted octanol–water partition coefficient (Wildman–Crippen LogP) is 3.19. The van der Waals surface area contributed by atoms with Crippen molar-refractivity contribution in [1.29, 1.82) is 0 Å². The van der Waals surface area contributed by atoms with E-state index in [9.17, 15) is 4.79 Å². The molecular formula is C17H23BrN2O. The molecule has 0 radical (unpaired) electrons. The van der Waals surface area contributed by atoms with Gasteiger partial charge in [-0.15, -0.1) is 0 Å². The van der Waals surface area contributed by atoms with Crippen LogP contribution in [0.3, 0.4) is 0 Å². The molecule has 2 saturated heterocycles. The van der Waals surface area contributed by atoms with Crippen molar-refractivity contribution in [2.24, 2.45) is 0 Å². The second kappa shape index (κ2) is 7.03. The van der Waals surface area contributed by atoms with Crippen molar-refractivity contribution in [2.45, 2.75) is 31.7 Å². The summed E-state index contributed by atoms with van der Waals surface area (Å²) < 4.78 is 1.02. The molecule has 0 aromatic heterocycles. The number of Topliss-reactive ketones (excluding diaryl/α,β-unsaturated/α-hetero) is 1. The van der Waals surface area contributed by atoms with Crippen LogP contribution < -0.4 is 0 Å². The maximum Gasteiger partial charge on any atom is 0.164 e. The highest BCUT2D eigenvalue weighted by molar-refractivity contribution is 9.10. The SMILES string of the molecule is O=C(CCN1CCCN2CCCC2C1)c1ccc(Br)cc1. The van der Waals surface area contributed by atoms with Crippen molar-refractivity contribution < 1.29 is 4.79 Å². The summed E-state index contributed by atoms with van der Waals surface area (Å²) in [7, 11) is 0. The summed E-state index contributed by atoms with van der Waals surface area (Å²) in [6.45, 7) is 5.70. The van der Waals surface area contributed by atoms with Gasteiger partial charge in [-0.3, -0.25) is 9.69 Å². The van der Waals surface area contributed by atoms with E-state index in [0.717, 1.165) is 35.7 Å². The van der Waals surface area contributed by atoms with Crippen LogP contribution in [-0.4, -0.2) is 54.3 Å². The number of hydrogen-bond acceptors (Lipinski definition) is 3. The summed E-state index contributed by atoms with van der Waals surface area (Å²) in [4.78, 5) is 17.4. The molecule has 3 rings (SSSR count). The first-order valence-electron chi connectivity index (χ1n) is 7.97. The molecule has 3 nitrogen and oxygen atoms in total. The van der Waals surface area contributed by atoms with Crippen LogP contribution in [0.4, 0.5) is 0 Å². The minimum Gasteiger partial charge on any atom is -0.301 e. The van der Waals surface area contributed by atoms with Crippen molar-refractivity contribution in [1.82, 2.24) is 9.80 Å². The summed E-state index contributed by atoms with van der Waals surface area (Å²) >= 11 is 3.41. The number of ketones is 1. The van der Waals surface area contributed by atoms with Gasteiger partial charge >= 0.3 is 0 Å². The molecule has 0 N–H and O–H groups in total. The number of nitrogens with zero attached hydrogens (tertiary/aromatic N) is 2. The van der Waals surface area contributed by atoms with Gasteiger partial charge in [0.05, 0.1) is 0 Å². The lowest BCUT2D eigenvalue weighted by atomic mass is 10.1. The monoisotopic (exact) mass is 350 g/mol. The van der Waals surface area contributed by atoms with Gasteiger partial charge in [-0.2, -0.15) is 0 Å². The predicted molar refractivity (Wildman–Crippen MR) is 88.7 cm³/mol. The molecule has 2 fully saturated rings. The number of carbonyl (C=O) groups excluding carboxylic acids is 1. The Bertz CT molecular complexity index is 488. The number of fused-ring (bicyclic) bond motifs is 1. The topological polar surface area (TPSA) is 23.6 Å². The fourth-order valence-electron chi connectivity index (χ4n) is 3.53. The van der Waals surface area contributed by atoms with E-state index in [1.807, 2.05) is 24.3 Å². The minimum atomic E-state index is 0.259. The molecule has 2 aliphatic heterocycles. The average Bonchev–Trinajstić information content (AvgIpc) is 2.83. The number of rotatable bonds is 4. The average molecular weight is 351 g/mol. The van der Waals surface area contributed by atoms with Crippen molar-refractivity contribution in [2.75, 3.05) is 32.7 Å². The molecule has 0 spiro atoms. The van der Waals surface area contributed by atoms with E-state index in [-0.39, 0.29) is 5.78 Å². The molecule has 114 valence electrons. The fraction of sp³-hybridized carbons (Fsp3) is 0.588. The Kier molecular flexibility index (Phi) is 5.09. The maximum absolute atomic E-state index is 12.3. The van der Waals surface area contributed by atoms with Gasteiger partial charge in [-0.1, -0.05) is 28.1 Å². The van der Waals surface area contributed by atoms with E-state index in [4.69, 9.17) is 0 Å². The molecule has 1 aromatic carbocycles. The molecule has 2 heterocycles. The van der Waals surface area contributed by atoms with Crippen molar-refractivity contribution in [3.05, 3.63) is 34.3 Å². The quantitative estimate of drug-likeness (QED) is 0.779. The zero-order valence-electron chi connectivity index (χ0n) is 12.4. The number of benzene rings is 1. The summed E-state index contributed by atoms with van der Waals surface area (Å²) in [5, 5.41) is 0.